The molecule has 1 N–H and O–H groups in total. The summed E-state index contributed by atoms with van der Waals surface area (Å²) in [5.74, 6) is 0.0832. The normalized spacial score (nSPS) is 18.0. The highest BCUT2D eigenvalue weighted by molar-refractivity contribution is 6.06. The number of carbonyl (C=O) groups is 1. The van der Waals surface area contributed by atoms with Crippen molar-refractivity contribution in [3.05, 3.63) is 65.7 Å². The van der Waals surface area contributed by atoms with Crippen LogP contribution in [-0.2, 0) is 0 Å². The van der Waals surface area contributed by atoms with Gasteiger partial charge in [-0.3, -0.25) is 4.79 Å². The molecule has 21 heavy (non-hydrogen) atoms. The van der Waals surface area contributed by atoms with Crippen LogP contribution in [0.3, 0.4) is 0 Å². The molecule has 1 amide bonds. The number of nitrogens with one attached hydrogen (secondary N) is 1. The zero-order valence-corrected chi connectivity index (χ0v) is 12.3. The lowest BCUT2D eigenvalue weighted by Crippen LogP contribution is -2.31. The smallest absolute Gasteiger partial charge is 0.258 e. The van der Waals surface area contributed by atoms with Crippen LogP contribution >= 0.6 is 0 Å². The monoisotopic (exact) mass is 280 g/mol. The van der Waals surface area contributed by atoms with Gasteiger partial charge >= 0.3 is 0 Å². The predicted octanol–water partition coefficient (Wildman–Crippen LogP) is 3.39. The molecule has 1 heterocycles. The van der Waals surface area contributed by atoms with Gasteiger partial charge in [0.2, 0.25) is 0 Å². The third kappa shape index (κ3) is 2.69. The Hall–Kier alpha value is -2.13. The van der Waals surface area contributed by atoms with E-state index in [2.05, 4.69) is 11.4 Å². The van der Waals surface area contributed by atoms with Gasteiger partial charge in [0.15, 0.2) is 0 Å². The second kappa shape index (κ2) is 6.10. The summed E-state index contributed by atoms with van der Waals surface area (Å²) in [7, 11) is 1.98. The van der Waals surface area contributed by atoms with E-state index in [1.807, 2.05) is 60.5 Å². The van der Waals surface area contributed by atoms with Crippen molar-refractivity contribution in [2.75, 3.05) is 18.5 Å². The Balaban J connectivity index is 2.01. The van der Waals surface area contributed by atoms with Gasteiger partial charge < -0.3 is 10.2 Å². The molecule has 0 radical (unpaired) electrons. The lowest BCUT2D eigenvalue weighted by molar-refractivity contribution is 0.0987. The largest absolute Gasteiger partial charge is 0.313 e. The summed E-state index contributed by atoms with van der Waals surface area (Å²) in [6, 6.07) is 18.0. The molecular formula is C18H20N2O. The number of para-hydroxylation sites is 1. The van der Waals surface area contributed by atoms with E-state index in [0.29, 0.717) is 6.04 Å². The maximum Gasteiger partial charge on any atom is 0.258 e. The van der Waals surface area contributed by atoms with Crippen molar-refractivity contribution >= 4 is 11.6 Å². The van der Waals surface area contributed by atoms with Gasteiger partial charge in [0.1, 0.15) is 0 Å². The van der Waals surface area contributed by atoms with E-state index in [0.717, 1.165) is 30.6 Å². The second-order valence-corrected chi connectivity index (χ2v) is 5.37. The summed E-state index contributed by atoms with van der Waals surface area (Å²) in [5.41, 5.74) is 2.99. The average Bonchev–Trinajstić information content (AvgIpc) is 2.74. The molecule has 0 fully saturated rings. The molecular weight excluding hydrogens is 260 g/mol. The highest BCUT2D eigenvalue weighted by Crippen LogP contribution is 2.33. The summed E-state index contributed by atoms with van der Waals surface area (Å²) in [6.45, 7) is 0.767. The van der Waals surface area contributed by atoms with Gasteiger partial charge in [-0.2, -0.15) is 0 Å². The highest BCUT2D eigenvalue weighted by Gasteiger charge is 2.25. The van der Waals surface area contributed by atoms with E-state index in [1.165, 1.54) is 5.56 Å². The molecule has 2 aromatic rings. The van der Waals surface area contributed by atoms with Crippen LogP contribution in [0.5, 0.6) is 0 Å². The quantitative estimate of drug-likeness (QED) is 0.914. The van der Waals surface area contributed by atoms with Crippen LogP contribution in [0.4, 0.5) is 5.69 Å². The topological polar surface area (TPSA) is 32.3 Å². The first-order valence-electron chi connectivity index (χ1n) is 7.44. The highest BCUT2D eigenvalue weighted by atomic mass is 16.2. The number of amides is 1. The van der Waals surface area contributed by atoms with E-state index < -0.39 is 0 Å². The first-order valence-corrected chi connectivity index (χ1v) is 7.44. The van der Waals surface area contributed by atoms with Gasteiger partial charge in [-0.05, 0) is 43.7 Å². The Kier molecular flexibility index (Phi) is 4.02. The van der Waals surface area contributed by atoms with Crippen molar-refractivity contribution in [3.63, 3.8) is 0 Å². The molecule has 2 aromatic carbocycles. The average molecular weight is 280 g/mol. The fourth-order valence-electron chi connectivity index (χ4n) is 3.00. The Labute approximate surface area is 125 Å². The van der Waals surface area contributed by atoms with Gasteiger partial charge in [-0.15, -0.1) is 0 Å². The molecule has 0 spiro atoms. The maximum absolute atomic E-state index is 12.8. The Morgan fingerprint density at radius 3 is 2.57 bits per heavy atom. The van der Waals surface area contributed by atoms with Gasteiger partial charge in [0, 0.05) is 23.8 Å². The van der Waals surface area contributed by atoms with Gasteiger partial charge in [0.05, 0.1) is 0 Å². The summed E-state index contributed by atoms with van der Waals surface area (Å²) in [6.07, 6.45) is 2.05. The number of fused-ring (bicyclic) bond motifs is 1. The molecule has 0 aliphatic carbocycles. The van der Waals surface area contributed by atoms with Crippen molar-refractivity contribution in [1.82, 2.24) is 5.32 Å². The number of anilines is 1. The Morgan fingerprint density at radius 1 is 1.10 bits per heavy atom. The molecule has 3 nitrogen and oxygen atoms in total. The Bertz CT molecular complexity index is 624. The molecule has 0 saturated carbocycles. The zero-order chi connectivity index (χ0) is 14.7. The number of nitrogens with zero attached hydrogens (tertiary/aromatic N) is 1. The van der Waals surface area contributed by atoms with Crippen LogP contribution in [0.2, 0.25) is 0 Å². The minimum Gasteiger partial charge on any atom is -0.313 e. The van der Waals surface area contributed by atoms with Gasteiger partial charge in [-0.25, -0.2) is 0 Å². The number of carbonyl (C=O) groups excluding carboxylic acids is 1. The molecule has 0 aromatic heterocycles. The van der Waals surface area contributed by atoms with Crippen LogP contribution in [0, 0.1) is 0 Å². The molecule has 0 bridgehead atoms. The van der Waals surface area contributed by atoms with E-state index in [4.69, 9.17) is 0 Å². The predicted molar refractivity (Wildman–Crippen MR) is 85.6 cm³/mol. The van der Waals surface area contributed by atoms with Crippen molar-refractivity contribution < 1.29 is 4.79 Å². The zero-order valence-electron chi connectivity index (χ0n) is 12.3. The van der Waals surface area contributed by atoms with Gasteiger partial charge in [-0.1, -0.05) is 36.4 Å². The molecule has 0 saturated heterocycles. The number of hydrogen-bond donors (Lipinski definition) is 1. The van der Waals surface area contributed by atoms with Crippen LogP contribution in [0.1, 0.15) is 34.8 Å². The van der Waals surface area contributed by atoms with Crippen LogP contribution < -0.4 is 10.2 Å². The molecule has 3 rings (SSSR count). The Morgan fingerprint density at radius 2 is 1.81 bits per heavy atom. The molecule has 1 aliphatic heterocycles. The third-order valence-corrected chi connectivity index (χ3v) is 4.09. The molecule has 1 atom stereocenters. The van der Waals surface area contributed by atoms with Gasteiger partial charge in [0.25, 0.3) is 5.91 Å². The summed E-state index contributed by atoms with van der Waals surface area (Å²) in [4.78, 5) is 14.7. The second-order valence-electron chi connectivity index (χ2n) is 5.37. The summed E-state index contributed by atoms with van der Waals surface area (Å²) in [5, 5.41) is 3.36. The first kappa shape index (κ1) is 13.8. The minimum absolute atomic E-state index is 0.0832. The molecule has 3 heteroatoms. The van der Waals surface area contributed by atoms with E-state index in [1.54, 1.807) is 0 Å². The summed E-state index contributed by atoms with van der Waals surface area (Å²) >= 11 is 0. The molecule has 1 unspecified atom stereocenters. The number of rotatable bonds is 2. The SMILES string of the molecule is CNC1CCCN(C(=O)c2ccccc2)c2ccccc21. The molecule has 108 valence electrons. The van der Waals surface area contributed by atoms with Crippen molar-refractivity contribution in [3.8, 4) is 0 Å². The third-order valence-electron chi connectivity index (χ3n) is 4.09. The van der Waals surface area contributed by atoms with E-state index in [9.17, 15) is 4.79 Å². The lowest BCUT2D eigenvalue weighted by Gasteiger charge is -2.24. The summed E-state index contributed by atoms with van der Waals surface area (Å²) < 4.78 is 0. The molecule has 1 aliphatic rings. The van der Waals surface area contributed by atoms with Crippen molar-refractivity contribution in [2.45, 2.75) is 18.9 Å². The first-order chi connectivity index (χ1) is 10.3. The fourth-order valence-corrected chi connectivity index (χ4v) is 3.00. The van der Waals surface area contributed by atoms with Crippen molar-refractivity contribution in [2.24, 2.45) is 0 Å². The maximum atomic E-state index is 12.8. The fraction of sp³-hybridized carbons (Fsp3) is 0.278. The standard InChI is InChI=1S/C18H20N2O/c1-19-16-11-7-13-20(17-12-6-5-10-15(16)17)18(21)14-8-3-2-4-9-14/h2-6,8-10,12,16,19H,7,11,13H2,1H3. The van der Waals surface area contributed by atoms with Crippen LogP contribution in [0.25, 0.3) is 0 Å². The minimum atomic E-state index is 0.0832. The number of benzene rings is 2. The number of hydrogen-bond acceptors (Lipinski definition) is 2. The van der Waals surface area contributed by atoms with E-state index >= 15 is 0 Å². The lowest BCUT2D eigenvalue weighted by atomic mass is 10.0. The van der Waals surface area contributed by atoms with Crippen LogP contribution in [0.15, 0.2) is 54.6 Å². The van der Waals surface area contributed by atoms with Crippen LogP contribution in [-0.4, -0.2) is 19.5 Å². The van der Waals surface area contributed by atoms with E-state index in [-0.39, 0.29) is 5.91 Å². The van der Waals surface area contributed by atoms with Crippen molar-refractivity contribution in [1.29, 1.82) is 0 Å².